The Morgan fingerprint density at radius 2 is 1.36 bits per heavy atom. The van der Waals surface area contributed by atoms with E-state index >= 15 is 0 Å². The molecule has 0 aliphatic heterocycles. The summed E-state index contributed by atoms with van der Waals surface area (Å²) in [5.74, 6) is 1.70. The molecular weight excluding hydrogens is 410 g/mol. The first-order valence-electron chi connectivity index (χ1n) is 14.0. The largest absolute Gasteiger partial charge is 0.477 e. The molecule has 0 aliphatic carbocycles. The van der Waals surface area contributed by atoms with Gasteiger partial charge in [-0.2, -0.15) is 0 Å². The minimum absolute atomic E-state index is 0.303. The molecular formula is C29H59NO3. The Bertz CT molecular complexity index is 437. The van der Waals surface area contributed by atoms with Gasteiger partial charge in [0.1, 0.15) is 6.61 Å². The molecule has 0 aliphatic rings. The van der Waals surface area contributed by atoms with Crippen molar-refractivity contribution >= 4 is 0 Å². The normalized spacial score (nSPS) is 12.8. The summed E-state index contributed by atoms with van der Waals surface area (Å²) >= 11 is 0. The Hall–Kier alpha value is -0.740. The van der Waals surface area contributed by atoms with Crippen LogP contribution in [0.2, 0.25) is 0 Å². The van der Waals surface area contributed by atoms with E-state index in [9.17, 15) is 0 Å². The maximum atomic E-state index is 5.94. The topological polar surface area (TPSA) is 39.7 Å². The van der Waals surface area contributed by atoms with Crippen LogP contribution in [0.5, 0.6) is 0 Å². The van der Waals surface area contributed by atoms with Crippen molar-refractivity contribution in [1.82, 2.24) is 5.32 Å². The lowest BCUT2D eigenvalue weighted by Crippen LogP contribution is -2.33. The van der Waals surface area contributed by atoms with Crippen LogP contribution in [-0.4, -0.2) is 38.6 Å². The summed E-state index contributed by atoms with van der Waals surface area (Å²) in [5.41, 5.74) is -0.303. The van der Waals surface area contributed by atoms with E-state index in [0.717, 1.165) is 32.8 Å². The Balaban J connectivity index is 3.49. The summed E-state index contributed by atoms with van der Waals surface area (Å²) in [6, 6.07) is 0. The zero-order valence-electron chi connectivity index (χ0n) is 23.3. The van der Waals surface area contributed by atoms with Gasteiger partial charge in [0, 0.05) is 19.8 Å². The number of ether oxygens (including phenoxy) is 3. The van der Waals surface area contributed by atoms with E-state index in [2.05, 4.69) is 53.4 Å². The second-order valence-corrected chi connectivity index (χ2v) is 11.0. The van der Waals surface area contributed by atoms with E-state index in [1.807, 2.05) is 0 Å². The minimum atomic E-state index is -0.303. The Kier molecular flexibility index (Phi) is 21.3. The molecule has 4 nitrogen and oxygen atoms in total. The van der Waals surface area contributed by atoms with Crippen LogP contribution in [0.4, 0.5) is 0 Å². The summed E-state index contributed by atoms with van der Waals surface area (Å²) in [6.45, 7) is 20.7. The Morgan fingerprint density at radius 1 is 0.818 bits per heavy atom. The number of hydrogen-bond donors (Lipinski definition) is 1. The molecule has 0 saturated heterocycles. The average Bonchev–Trinajstić information content (AvgIpc) is 2.76. The van der Waals surface area contributed by atoms with E-state index < -0.39 is 0 Å². The molecule has 0 bridgehead atoms. The van der Waals surface area contributed by atoms with Gasteiger partial charge in [-0.3, -0.25) is 0 Å². The van der Waals surface area contributed by atoms with Crippen molar-refractivity contribution in [1.29, 1.82) is 0 Å². The van der Waals surface area contributed by atoms with Crippen LogP contribution >= 0.6 is 0 Å². The number of nitrogens with one attached hydrogen (secondary N) is 1. The van der Waals surface area contributed by atoms with Gasteiger partial charge in [-0.25, -0.2) is 0 Å². The molecule has 198 valence electrons. The van der Waals surface area contributed by atoms with Crippen molar-refractivity contribution in [3.63, 3.8) is 0 Å². The molecule has 0 amide bonds. The summed E-state index contributed by atoms with van der Waals surface area (Å²) in [6.07, 6.45) is 17.6. The standard InChI is InChI=1S/C29H59NO3/c1-8-9-10-11-12-13-14-15-16-17-18-19-21-31-24-27(4)23-30-28(5)32-25-29(6,7)33-22-20-26(2)3/h26-27,30H,5,8-25H2,1-4,6-7H3. The van der Waals surface area contributed by atoms with Crippen LogP contribution in [0.25, 0.3) is 0 Å². The first-order valence-corrected chi connectivity index (χ1v) is 14.0. The third-order valence-electron chi connectivity index (χ3n) is 5.97. The SMILES string of the molecule is C=C(NCC(C)COCCCCCCCCCCCCCC)OCC(C)(C)OCCC(C)C. The van der Waals surface area contributed by atoms with Gasteiger partial charge < -0.3 is 19.5 Å². The summed E-state index contributed by atoms with van der Waals surface area (Å²) in [4.78, 5) is 0. The fraction of sp³-hybridized carbons (Fsp3) is 0.931. The van der Waals surface area contributed by atoms with Crippen LogP contribution in [0, 0.1) is 11.8 Å². The van der Waals surface area contributed by atoms with Crippen molar-refractivity contribution in [2.75, 3.05) is 33.0 Å². The molecule has 0 fully saturated rings. The Morgan fingerprint density at radius 3 is 1.91 bits per heavy atom. The highest BCUT2D eigenvalue weighted by Crippen LogP contribution is 2.14. The lowest BCUT2D eigenvalue weighted by Gasteiger charge is -2.27. The molecule has 0 aromatic heterocycles. The lowest BCUT2D eigenvalue weighted by molar-refractivity contribution is -0.0665. The van der Waals surface area contributed by atoms with E-state index in [1.165, 1.54) is 77.0 Å². The van der Waals surface area contributed by atoms with Crippen molar-refractivity contribution in [3.05, 3.63) is 12.5 Å². The van der Waals surface area contributed by atoms with Crippen molar-refractivity contribution in [2.24, 2.45) is 11.8 Å². The quantitative estimate of drug-likeness (QED) is 0.108. The van der Waals surface area contributed by atoms with Crippen LogP contribution in [0.15, 0.2) is 12.5 Å². The zero-order chi connectivity index (χ0) is 24.8. The second kappa shape index (κ2) is 21.8. The monoisotopic (exact) mass is 469 g/mol. The van der Waals surface area contributed by atoms with Gasteiger partial charge in [0.2, 0.25) is 0 Å². The fourth-order valence-electron chi connectivity index (χ4n) is 3.60. The highest BCUT2D eigenvalue weighted by Gasteiger charge is 2.20. The third kappa shape index (κ3) is 24.2. The molecule has 1 atom stereocenters. The number of hydrogen-bond acceptors (Lipinski definition) is 4. The summed E-state index contributed by atoms with van der Waals surface area (Å²) in [5, 5.41) is 3.28. The first-order chi connectivity index (χ1) is 15.8. The molecule has 0 radical (unpaired) electrons. The van der Waals surface area contributed by atoms with Crippen LogP contribution in [0.3, 0.4) is 0 Å². The van der Waals surface area contributed by atoms with Crippen LogP contribution < -0.4 is 5.32 Å². The van der Waals surface area contributed by atoms with E-state index in [-0.39, 0.29) is 5.60 Å². The highest BCUT2D eigenvalue weighted by atomic mass is 16.5. The molecule has 0 spiro atoms. The number of rotatable bonds is 25. The molecule has 0 heterocycles. The molecule has 33 heavy (non-hydrogen) atoms. The molecule has 1 unspecified atom stereocenters. The van der Waals surface area contributed by atoms with Crippen molar-refractivity contribution in [3.8, 4) is 0 Å². The molecule has 0 rings (SSSR count). The lowest BCUT2D eigenvalue weighted by atomic mass is 10.1. The van der Waals surface area contributed by atoms with Gasteiger partial charge in [-0.05, 0) is 45.1 Å². The smallest absolute Gasteiger partial charge is 0.179 e. The highest BCUT2D eigenvalue weighted by molar-refractivity contribution is 4.82. The van der Waals surface area contributed by atoms with Gasteiger partial charge in [0.05, 0.1) is 12.2 Å². The Labute approximate surface area is 207 Å². The van der Waals surface area contributed by atoms with Crippen LogP contribution in [0.1, 0.15) is 125 Å². The van der Waals surface area contributed by atoms with Crippen molar-refractivity contribution in [2.45, 2.75) is 131 Å². The maximum absolute atomic E-state index is 5.94. The molecule has 0 aromatic carbocycles. The van der Waals surface area contributed by atoms with E-state index in [1.54, 1.807) is 0 Å². The number of unbranched alkanes of at least 4 members (excludes halogenated alkanes) is 11. The minimum Gasteiger partial charge on any atom is -0.477 e. The first kappa shape index (κ1) is 32.3. The van der Waals surface area contributed by atoms with Gasteiger partial charge in [0.15, 0.2) is 5.88 Å². The summed E-state index contributed by atoms with van der Waals surface area (Å²) < 4.78 is 17.6. The molecule has 4 heteroatoms. The average molecular weight is 470 g/mol. The van der Waals surface area contributed by atoms with Gasteiger partial charge in [-0.1, -0.05) is 98.3 Å². The predicted octanol–water partition coefficient (Wildman–Crippen LogP) is 8.26. The summed E-state index contributed by atoms with van der Waals surface area (Å²) in [7, 11) is 0. The van der Waals surface area contributed by atoms with E-state index in [0.29, 0.717) is 24.3 Å². The molecule has 1 N–H and O–H groups in total. The molecule has 0 saturated carbocycles. The van der Waals surface area contributed by atoms with Crippen LogP contribution in [-0.2, 0) is 14.2 Å². The molecule has 0 aromatic rings. The van der Waals surface area contributed by atoms with E-state index in [4.69, 9.17) is 14.2 Å². The fourth-order valence-corrected chi connectivity index (χ4v) is 3.60. The second-order valence-electron chi connectivity index (χ2n) is 11.0. The predicted molar refractivity (Wildman–Crippen MR) is 144 cm³/mol. The van der Waals surface area contributed by atoms with Gasteiger partial charge >= 0.3 is 0 Å². The third-order valence-corrected chi connectivity index (χ3v) is 5.97. The van der Waals surface area contributed by atoms with Gasteiger partial charge in [0.25, 0.3) is 0 Å². The zero-order valence-corrected chi connectivity index (χ0v) is 23.3. The maximum Gasteiger partial charge on any atom is 0.179 e. The van der Waals surface area contributed by atoms with Gasteiger partial charge in [-0.15, -0.1) is 0 Å². The van der Waals surface area contributed by atoms with Crippen molar-refractivity contribution < 1.29 is 14.2 Å².